The molecule has 4 N–H and O–H groups in total. The van der Waals surface area contributed by atoms with Crippen LogP contribution in [0.25, 0.3) is 0 Å². The Kier molecular flexibility index (Phi) is 5.80. The maximum Gasteiger partial charge on any atom is 0.0865 e. The highest BCUT2D eigenvalue weighted by molar-refractivity contribution is 5.22. The average molecular weight is 493 g/mol. The van der Waals surface area contributed by atoms with Crippen LogP contribution in [0.5, 0.6) is 0 Å². The van der Waals surface area contributed by atoms with Crippen LogP contribution in [0.2, 0.25) is 0 Å². The molecule has 12 atom stereocenters. The molecule has 0 aromatic heterocycles. The highest BCUT2D eigenvalue weighted by atomic mass is 16.5. The molecule has 0 amide bonds. The van der Waals surface area contributed by atoms with Crippen molar-refractivity contribution in [3.05, 3.63) is 0 Å². The second kappa shape index (κ2) is 7.68. The van der Waals surface area contributed by atoms with E-state index in [1.807, 2.05) is 13.8 Å². The zero-order chi connectivity index (χ0) is 26.0. The van der Waals surface area contributed by atoms with Gasteiger partial charge >= 0.3 is 0 Å². The van der Waals surface area contributed by atoms with Gasteiger partial charge in [-0.25, -0.2) is 0 Å². The van der Waals surface area contributed by atoms with Gasteiger partial charge in [0.2, 0.25) is 0 Å². The molecule has 5 heteroatoms. The molecule has 5 rings (SSSR count). The van der Waals surface area contributed by atoms with E-state index in [9.17, 15) is 20.4 Å². The third-order valence-corrected chi connectivity index (χ3v) is 13.1. The van der Waals surface area contributed by atoms with Crippen molar-refractivity contribution >= 4 is 0 Å². The van der Waals surface area contributed by atoms with Gasteiger partial charge in [0.15, 0.2) is 0 Å². The van der Waals surface area contributed by atoms with E-state index in [1.165, 1.54) is 0 Å². The summed E-state index contributed by atoms with van der Waals surface area (Å²) in [6.07, 6.45) is 5.61. The minimum Gasteiger partial charge on any atom is -0.393 e. The number of aliphatic hydroxyl groups excluding tert-OH is 3. The SMILES string of the molecule is CC(C)(O)[C@H]1CC[C@@](C)(C2CC[C@]3(C)[C@@H]2[C@H](O)C[C@@H]2[C@@]4(C)CC[C@H](O)C(C)(C)[C@@H]4[C@@H](O)C[C@]23C)O1. The van der Waals surface area contributed by atoms with E-state index in [0.717, 1.165) is 51.4 Å². The quantitative estimate of drug-likeness (QED) is 0.449. The molecule has 5 aliphatic rings. The standard InChI is InChI=1S/C30H52O5/c1-25(2)21(33)10-12-27(5)20-15-18(31)23-17(30(8)14-11-22(35-30)26(3,4)34)9-13-28(23,6)29(20,7)16-19(32)24(25)27/h17-24,31-34H,9-16H2,1-8H3/t17?,18-,19+,20-,21+,22-,23+,24+,27-,28-,29-,30+/m1/s1. The normalized spacial score (nSPS) is 57.9. The van der Waals surface area contributed by atoms with Crippen molar-refractivity contribution in [1.82, 2.24) is 0 Å². The highest BCUT2D eigenvalue weighted by Crippen LogP contribution is 2.76. The number of fused-ring (bicyclic) bond motifs is 5. The summed E-state index contributed by atoms with van der Waals surface area (Å²) >= 11 is 0. The van der Waals surface area contributed by atoms with E-state index in [2.05, 4.69) is 41.5 Å². The van der Waals surface area contributed by atoms with Crippen LogP contribution in [0.15, 0.2) is 0 Å². The van der Waals surface area contributed by atoms with Gasteiger partial charge in [-0.2, -0.15) is 0 Å². The third kappa shape index (κ3) is 3.36. The summed E-state index contributed by atoms with van der Waals surface area (Å²) in [5.74, 6) is 0.722. The topological polar surface area (TPSA) is 90.2 Å². The van der Waals surface area contributed by atoms with Gasteiger partial charge in [-0.3, -0.25) is 0 Å². The van der Waals surface area contributed by atoms with Gasteiger partial charge in [0.05, 0.1) is 35.6 Å². The predicted octanol–water partition coefficient (Wildman–Crippen LogP) is 4.68. The first kappa shape index (κ1) is 26.4. The summed E-state index contributed by atoms with van der Waals surface area (Å²) in [5.41, 5.74) is -1.83. The fourth-order valence-corrected chi connectivity index (χ4v) is 11.3. The second-order valence-electron chi connectivity index (χ2n) is 15.6. The van der Waals surface area contributed by atoms with Gasteiger partial charge in [0, 0.05) is 0 Å². The van der Waals surface area contributed by atoms with Crippen LogP contribution in [0, 0.1) is 45.3 Å². The Bertz CT molecular complexity index is 850. The molecule has 5 nitrogen and oxygen atoms in total. The largest absolute Gasteiger partial charge is 0.393 e. The van der Waals surface area contributed by atoms with Gasteiger partial charge < -0.3 is 25.2 Å². The van der Waals surface area contributed by atoms with E-state index in [4.69, 9.17) is 4.74 Å². The smallest absolute Gasteiger partial charge is 0.0865 e. The van der Waals surface area contributed by atoms with Gasteiger partial charge in [-0.05, 0) is 117 Å². The van der Waals surface area contributed by atoms with E-state index in [0.29, 0.717) is 5.92 Å². The van der Waals surface area contributed by atoms with Gasteiger partial charge in [0.1, 0.15) is 0 Å². The fourth-order valence-electron chi connectivity index (χ4n) is 11.3. The van der Waals surface area contributed by atoms with Gasteiger partial charge in [-0.1, -0.05) is 34.6 Å². The lowest BCUT2D eigenvalue weighted by Crippen LogP contribution is -2.69. The zero-order valence-electron chi connectivity index (χ0n) is 23.5. The Hall–Kier alpha value is -0.200. The predicted molar refractivity (Wildman–Crippen MR) is 137 cm³/mol. The maximum absolute atomic E-state index is 11.9. The summed E-state index contributed by atoms with van der Waals surface area (Å²) in [6.45, 7) is 17.3. The van der Waals surface area contributed by atoms with Crippen molar-refractivity contribution in [1.29, 1.82) is 0 Å². The van der Waals surface area contributed by atoms with Crippen molar-refractivity contribution in [3.8, 4) is 0 Å². The Balaban J connectivity index is 1.51. The zero-order valence-corrected chi connectivity index (χ0v) is 23.5. The van der Waals surface area contributed by atoms with Crippen molar-refractivity contribution in [2.45, 2.75) is 142 Å². The van der Waals surface area contributed by atoms with E-state index >= 15 is 0 Å². The Morgan fingerprint density at radius 1 is 0.800 bits per heavy atom. The molecule has 202 valence electrons. The molecule has 5 fully saturated rings. The number of hydrogen-bond donors (Lipinski definition) is 4. The molecular weight excluding hydrogens is 440 g/mol. The Morgan fingerprint density at radius 2 is 1.46 bits per heavy atom. The molecule has 1 saturated heterocycles. The lowest BCUT2D eigenvalue weighted by Gasteiger charge is -2.71. The first-order chi connectivity index (χ1) is 15.9. The molecule has 0 aromatic rings. The summed E-state index contributed by atoms with van der Waals surface area (Å²) in [4.78, 5) is 0. The van der Waals surface area contributed by atoms with Crippen LogP contribution in [0.4, 0.5) is 0 Å². The second-order valence-corrected chi connectivity index (χ2v) is 15.6. The summed E-state index contributed by atoms with van der Waals surface area (Å²) in [7, 11) is 0. The van der Waals surface area contributed by atoms with Crippen LogP contribution in [0.1, 0.15) is 107 Å². The molecule has 0 spiro atoms. The lowest BCUT2D eigenvalue weighted by atomic mass is 9.34. The minimum absolute atomic E-state index is 0.0320. The molecule has 1 unspecified atom stereocenters. The van der Waals surface area contributed by atoms with E-state index < -0.39 is 23.9 Å². The molecule has 0 aromatic carbocycles. The monoisotopic (exact) mass is 492 g/mol. The van der Waals surface area contributed by atoms with Crippen LogP contribution in [0.3, 0.4) is 0 Å². The summed E-state index contributed by atoms with van der Waals surface area (Å²) < 4.78 is 6.64. The van der Waals surface area contributed by atoms with Crippen molar-refractivity contribution in [2.75, 3.05) is 0 Å². The van der Waals surface area contributed by atoms with Crippen LogP contribution < -0.4 is 0 Å². The van der Waals surface area contributed by atoms with Crippen LogP contribution in [-0.2, 0) is 4.74 Å². The average Bonchev–Trinajstić information content (AvgIpc) is 3.30. The number of aliphatic hydroxyl groups is 4. The molecule has 1 heterocycles. The Labute approximate surface area is 213 Å². The maximum atomic E-state index is 11.9. The van der Waals surface area contributed by atoms with Crippen LogP contribution >= 0.6 is 0 Å². The fraction of sp³-hybridized carbons (Fsp3) is 1.00. The van der Waals surface area contributed by atoms with E-state index in [-0.39, 0.29) is 51.1 Å². The molecule has 4 aliphatic carbocycles. The Morgan fingerprint density at radius 3 is 2.06 bits per heavy atom. The first-order valence-corrected chi connectivity index (χ1v) is 14.4. The van der Waals surface area contributed by atoms with Crippen molar-refractivity contribution < 1.29 is 25.2 Å². The van der Waals surface area contributed by atoms with Crippen LogP contribution in [-0.4, -0.2) is 56.0 Å². The van der Waals surface area contributed by atoms with Gasteiger partial charge in [0.25, 0.3) is 0 Å². The van der Waals surface area contributed by atoms with E-state index in [1.54, 1.807) is 0 Å². The molecule has 0 radical (unpaired) electrons. The number of ether oxygens (including phenoxy) is 1. The summed E-state index contributed by atoms with van der Waals surface area (Å²) in [5, 5.41) is 45.2. The molecule has 4 saturated carbocycles. The first-order valence-electron chi connectivity index (χ1n) is 14.4. The number of rotatable bonds is 2. The van der Waals surface area contributed by atoms with Crippen molar-refractivity contribution in [3.63, 3.8) is 0 Å². The van der Waals surface area contributed by atoms with Gasteiger partial charge in [-0.15, -0.1) is 0 Å². The number of hydrogen-bond acceptors (Lipinski definition) is 5. The molecule has 1 aliphatic heterocycles. The highest BCUT2D eigenvalue weighted by Gasteiger charge is 2.73. The summed E-state index contributed by atoms with van der Waals surface area (Å²) in [6, 6.07) is 0. The molecule has 35 heavy (non-hydrogen) atoms. The third-order valence-electron chi connectivity index (χ3n) is 13.1. The lowest BCUT2D eigenvalue weighted by molar-refractivity contribution is -0.275. The minimum atomic E-state index is -0.864. The van der Waals surface area contributed by atoms with Crippen molar-refractivity contribution in [2.24, 2.45) is 45.3 Å². The molecule has 0 bridgehead atoms. The molecular formula is C30H52O5.